The van der Waals surface area contributed by atoms with Gasteiger partial charge in [0.2, 0.25) is 0 Å². The number of nitrogens with zero attached hydrogens (tertiary/aromatic N) is 1. The minimum Gasteiger partial charge on any atom is -0.307 e. The molecular weight excluding hydrogens is 230 g/mol. The first kappa shape index (κ1) is 11.2. The number of hydrogen-bond donors (Lipinski definition) is 1. The number of halogens is 2. The van der Waals surface area contributed by atoms with E-state index >= 15 is 0 Å². The molecule has 0 saturated carbocycles. The summed E-state index contributed by atoms with van der Waals surface area (Å²) in [5.74, 6) is -1.67. The van der Waals surface area contributed by atoms with Gasteiger partial charge in [0.25, 0.3) is 0 Å². The van der Waals surface area contributed by atoms with Gasteiger partial charge in [-0.1, -0.05) is 6.07 Å². The second-order valence-corrected chi connectivity index (χ2v) is 4.19. The molecule has 2 aromatic rings. The van der Waals surface area contributed by atoms with Crippen LogP contribution in [0.5, 0.6) is 0 Å². The van der Waals surface area contributed by atoms with Gasteiger partial charge in [0.1, 0.15) is 5.01 Å². The van der Waals surface area contributed by atoms with E-state index in [-0.39, 0.29) is 6.04 Å². The van der Waals surface area contributed by atoms with E-state index < -0.39 is 11.6 Å². The zero-order chi connectivity index (χ0) is 11.5. The van der Waals surface area contributed by atoms with Crippen molar-refractivity contribution >= 4 is 11.3 Å². The van der Waals surface area contributed by atoms with Crippen molar-refractivity contribution in [2.75, 3.05) is 7.05 Å². The van der Waals surface area contributed by atoms with Crippen molar-refractivity contribution in [2.45, 2.75) is 6.04 Å². The van der Waals surface area contributed by atoms with Crippen LogP contribution in [-0.2, 0) is 0 Å². The van der Waals surface area contributed by atoms with Gasteiger partial charge in [-0.2, -0.15) is 0 Å². The lowest BCUT2D eigenvalue weighted by atomic mass is 10.1. The van der Waals surface area contributed by atoms with Crippen LogP contribution in [0.25, 0.3) is 0 Å². The summed E-state index contributed by atoms with van der Waals surface area (Å²) in [6.45, 7) is 0. The zero-order valence-corrected chi connectivity index (χ0v) is 9.39. The van der Waals surface area contributed by atoms with Crippen LogP contribution < -0.4 is 5.32 Å². The summed E-state index contributed by atoms with van der Waals surface area (Å²) >= 11 is 1.47. The molecule has 1 N–H and O–H groups in total. The maximum absolute atomic E-state index is 13.1. The molecule has 1 atom stereocenters. The maximum atomic E-state index is 13.1. The number of nitrogens with one attached hydrogen (secondary N) is 1. The molecule has 0 saturated heterocycles. The van der Waals surface area contributed by atoms with Crippen LogP contribution in [-0.4, -0.2) is 12.0 Å². The average Bonchev–Trinajstić information content (AvgIpc) is 2.78. The summed E-state index contributed by atoms with van der Waals surface area (Å²) in [7, 11) is 1.76. The molecule has 0 aliphatic heterocycles. The van der Waals surface area contributed by atoms with Gasteiger partial charge in [0.15, 0.2) is 11.6 Å². The molecule has 2 nitrogen and oxygen atoms in total. The van der Waals surface area contributed by atoms with Crippen LogP contribution in [0.2, 0.25) is 0 Å². The predicted molar refractivity (Wildman–Crippen MR) is 59.4 cm³/mol. The Labute approximate surface area is 96.0 Å². The largest absolute Gasteiger partial charge is 0.307 e. The Balaban J connectivity index is 2.37. The molecule has 0 spiro atoms. The second kappa shape index (κ2) is 4.67. The van der Waals surface area contributed by atoms with Crippen molar-refractivity contribution < 1.29 is 8.78 Å². The van der Waals surface area contributed by atoms with Crippen molar-refractivity contribution in [3.05, 3.63) is 52.0 Å². The lowest BCUT2D eigenvalue weighted by Gasteiger charge is -2.13. The molecule has 1 aromatic heterocycles. The van der Waals surface area contributed by atoms with E-state index in [1.54, 1.807) is 19.3 Å². The molecule has 1 unspecified atom stereocenters. The first-order valence-electron chi connectivity index (χ1n) is 4.74. The van der Waals surface area contributed by atoms with E-state index in [4.69, 9.17) is 0 Å². The lowest BCUT2D eigenvalue weighted by molar-refractivity contribution is 0.505. The normalized spacial score (nSPS) is 12.7. The monoisotopic (exact) mass is 240 g/mol. The molecule has 0 amide bonds. The fraction of sp³-hybridized carbons (Fsp3) is 0.182. The van der Waals surface area contributed by atoms with Gasteiger partial charge in [-0.3, -0.25) is 0 Å². The molecule has 1 heterocycles. The van der Waals surface area contributed by atoms with Crippen molar-refractivity contribution in [3.8, 4) is 0 Å². The zero-order valence-electron chi connectivity index (χ0n) is 8.58. The van der Waals surface area contributed by atoms with E-state index in [1.165, 1.54) is 17.4 Å². The van der Waals surface area contributed by atoms with E-state index in [1.807, 2.05) is 5.38 Å². The van der Waals surface area contributed by atoms with Gasteiger partial charge in [-0.05, 0) is 24.7 Å². The van der Waals surface area contributed by atoms with E-state index in [9.17, 15) is 8.78 Å². The average molecular weight is 240 g/mol. The highest BCUT2D eigenvalue weighted by molar-refractivity contribution is 7.09. The van der Waals surface area contributed by atoms with Crippen molar-refractivity contribution in [2.24, 2.45) is 0 Å². The van der Waals surface area contributed by atoms with Gasteiger partial charge in [-0.15, -0.1) is 11.3 Å². The lowest BCUT2D eigenvalue weighted by Crippen LogP contribution is -2.17. The SMILES string of the molecule is CNC(c1ccc(F)c(F)c1)c1nccs1. The summed E-state index contributed by atoms with van der Waals surface area (Å²) < 4.78 is 25.9. The molecule has 1 aromatic carbocycles. The third-order valence-corrected chi connectivity index (χ3v) is 3.10. The Kier molecular flexibility index (Phi) is 3.26. The Morgan fingerprint density at radius 1 is 1.31 bits per heavy atom. The quantitative estimate of drug-likeness (QED) is 0.892. The van der Waals surface area contributed by atoms with Crippen molar-refractivity contribution in [3.63, 3.8) is 0 Å². The summed E-state index contributed by atoms with van der Waals surface area (Å²) in [5, 5.41) is 5.70. The van der Waals surface area contributed by atoms with Crippen LogP contribution >= 0.6 is 11.3 Å². The molecule has 0 radical (unpaired) electrons. The molecular formula is C11H10F2N2S. The van der Waals surface area contributed by atoms with E-state index in [0.29, 0.717) is 5.56 Å². The van der Waals surface area contributed by atoms with Crippen LogP contribution in [0, 0.1) is 11.6 Å². The van der Waals surface area contributed by atoms with Crippen LogP contribution in [0.4, 0.5) is 8.78 Å². The number of benzene rings is 1. The molecule has 84 valence electrons. The summed E-state index contributed by atoms with van der Waals surface area (Å²) in [6.07, 6.45) is 1.68. The maximum Gasteiger partial charge on any atom is 0.159 e. The van der Waals surface area contributed by atoms with Crippen LogP contribution in [0.3, 0.4) is 0 Å². The van der Waals surface area contributed by atoms with Gasteiger partial charge in [-0.25, -0.2) is 13.8 Å². The molecule has 0 aliphatic carbocycles. The third kappa shape index (κ3) is 2.10. The summed E-state index contributed by atoms with van der Waals surface area (Å²) in [6, 6.07) is 3.68. The molecule has 2 rings (SSSR count). The first-order chi connectivity index (χ1) is 7.72. The summed E-state index contributed by atoms with van der Waals surface area (Å²) in [4.78, 5) is 4.16. The number of aromatic nitrogens is 1. The van der Waals surface area contributed by atoms with E-state index in [0.717, 1.165) is 11.1 Å². The molecule has 0 bridgehead atoms. The highest BCUT2D eigenvalue weighted by Gasteiger charge is 2.16. The molecule has 0 fully saturated rings. The predicted octanol–water partition coefficient (Wildman–Crippen LogP) is 2.73. The molecule has 5 heteroatoms. The Morgan fingerprint density at radius 2 is 2.12 bits per heavy atom. The van der Waals surface area contributed by atoms with Gasteiger partial charge < -0.3 is 5.32 Å². The molecule has 16 heavy (non-hydrogen) atoms. The first-order valence-corrected chi connectivity index (χ1v) is 5.62. The second-order valence-electron chi connectivity index (χ2n) is 3.27. The van der Waals surface area contributed by atoms with Crippen molar-refractivity contribution in [1.82, 2.24) is 10.3 Å². The van der Waals surface area contributed by atoms with Crippen LogP contribution in [0.1, 0.15) is 16.6 Å². The Bertz CT molecular complexity index is 471. The highest BCUT2D eigenvalue weighted by atomic mass is 32.1. The van der Waals surface area contributed by atoms with Gasteiger partial charge in [0.05, 0.1) is 6.04 Å². The topological polar surface area (TPSA) is 24.9 Å². The minimum atomic E-state index is -0.839. The Morgan fingerprint density at radius 3 is 2.69 bits per heavy atom. The smallest absolute Gasteiger partial charge is 0.159 e. The fourth-order valence-electron chi connectivity index (χ4n) is 1.50. The molecule has 0 aliphatic rings. The van der Waals surface area contributed by atoms with Gasteiger partial charge in [0, 0.05) is 11.6 Å². The third-order valence-electron chi connectivity index (χ3n) is 2.26. The van der Waals surface area contributed by atoms with Gasteiger partial charge >= 0.3 is 0 Å². The Hall–Kier alpha value is -1.33. The number of rotatable bonds is 3. The number of hydrogen-bond acceptors (Lipinski definition) is 3. The standard InChI is InChI=1S/C11H10F2N2S/c1-14-10(11-15-4-5-16-11)7-2-3-8(12)9(13)6-7/h2-6,10,14H,1H3. The van der Waals surface area contributed by atoms with Crippen molar-refractivity contribution in [1.29, 1.82) is 0 Å². The van der Waals surface area contributed by atoms with Crippen LogP contribution in [0.15, 0.2) is 29.8 Å². The highest BCUT2D eigenvalue weighted by Crippen LogP contribution is 2.24. The fourth-order valence-corrected chi connectivity index (χ4v) is 2.27. The summed E-state index contributed by atoms with van der Waals surface area (Å²) in [5.41, 5.74) is 0.663. The number of thiazole rings is 1. The van der Waals surface area contributed by atoms with E-state index in [2.05, 4.69) is 10.3 Å². The minimum absolute atomic E-state index is 0.199.